The largest absolute Gasteiger partial charge is 0.355 e. The molecule has 1 N–H and O–H groups in total. The first-order chi connectivity index (χ1) is 7.57. The SMILES string of the molecule is O=S(=O)(O)c1ccc(N2CCSCC2)nc1. The standard InChI is InChI=1S/C9H12N2O3S2/c12-16(13,14)8-1-2-9(10-7-8)11-3-5-15-6-4-11/h1-2,7H,3-6H2,(H,12,13,14). The van der Waals surface area contributed by atoms with E-state index in [4.69, 9.17) is 4.55 Å². The summed E-state index contributed by atoms with van der Waals surface area (Å²) >= 11 is 1.90. The van der Waals surface area contributed by atoms with Crippen LogP contribution in [0.3, 0.4) is 0 Å². The highest BCUT2D eigenvalue weighted by Gasteiger charge is 2.14. The summed E-state index contributed by atoms with van der Waals surface area (Å²) in [5.41, 5.74) is 0. The summed E-state index contributed by atoms with van der Waals surface area (Å²) in [5, 5.41) is 0. The number of aromatic nitrogens is 1. The Hall–Kier alpha value is -0.790. The second-order valence-electron chi connectivity index (χ2n) is 3.43. The number of anilines is 1. The Kier molecular flexibility index (Phi) is 3.36. The summed E-state index contributed by atoms with van der Waals surface area (Å²) in [5.74, 6) is 2.87. The van der Waals surface area contributed by atoms with E-state index in [1.54, 1.807) is 6.07 Å². The van der Waals surface area contributed by atoms with Gasteiger partial charge in [0, 0.05) is 24.6 Å². The van der Waals surface area contributed by atoms with Crippen LogP contribution in [0.4, 0.5) is 5.82 Å². The molecule has 0 aliphatic carbocycles. The first kappa shape index (κ1) is 11.7. The zero-order valence-corrected chi connectivity index (χ0v) is 10.2. The van der Waals surface area contributed by atoms with Crippen molar-refractivity contribution in [2.45, 2.75) is 4.90 Å². The number of rotatable bonds is 2. The number of hydrogen-bond donors (Lipinski definition) is 1. The van der Waals surface area contributed by atoms with E-state index in [0.717, 1.165) is 30.4 Å². The normalized spacial score (nSPS) is 17.4. The third-order valence-electron chi connectivity index (χ3n) is 2.35. The van der Waals surface area contributed by atoms with Crippen LogP contribution in [0, 0.1) is 0 Å². The summed E-state index contributed by atoms with van der Waals surface area (Å²) in [6.45, 7) is 1.84. The molecule has 0 amide bonds. The maximum atomic E-state index is 10.8. The molecule has 0 atom stereocenters. The van der Waals surface area contributed by atoms with Crippen LogP contribution >= 0.6 is 11.8 Å². The molecule has 5 nitrogen and oxygen atoms in total. The second-order valence-corrected chi connectivity index (χ2v) is 6.07. The lowest BCUT2D eigenvalue weighted by Crippen LogP contribution is -2.33. The van der Waals surface area contributed by atoms with Crippen molar-refractivity contribution in [3.8, 4) is 0 Å². The Morgan fingerprint density at radius 2 is 2.00 bits per heavy atom. The van der Waals surface area contributed by atoms with Crippen LogP contribution < -0.4 is 4.90 Å². The maximum absolute atomic E-state index is 10.8. The Morgan fingerprint density at radius 1 is 1.31 bits per heavy atom. The molecule has 0 aromatic carbocycles. The summed E-state index contributed by atoms with van der Waals surface area (Å²) in [6.07, 6.45) is 1.19. The predicted molar refractivity (Wildman–Crippen MR) is 63.6 cm³/mol. The van der Waals surface area contributed by atoms with Crippen molar-refractivity contribution >= 4 is 27.7 Å². The molecular formula is C9H12N2O3S2. The van der Waals surface area contributed by atoms with E-state index in [9.17, 15) is 8.42 Å². The molecule has 1 aliphatic heterocycles. The van der Waals surface area contributed by atoms with Crippen molar-refractivity contribution in [3.05, 3.63) is 18.3 Å². The average Bonchev–Trinajstić information content (AvgIpc) is 2.29. The minimum atomic E-state index is -4.14. The minimum absolute atomic E-state index is 0.164. The summed E-state index contributed by atoms with van der Waals surface area (Å²) < 4.78 is 30.4. The zero-order chi connectivity index (χ0) is 11.6. The van der Waals surface area contributed by atoms with E-state index in [1.165, 1.54) is 12.3 Å². The Morgan fingerprint density at radius 3 is 2.50 bits per heavy atom. The number of thioether (sulfide) groups is 1. The molecule has 2 heterocycles. The van der Waals surface area contributed by atoms with Gasteiger partial charge in [-0.15, -0.1) is 0 Å². The van der Waals surface area contributed by atoms with Crippen molar-refractivity contribution in [2.24, 2.45) is 0 Å². The second kappa shape index (κ2) is 4.60. The van der Waals surface area contributed by atoms with E-state index in [0.29, 0.717) is 0 Å². The van der Waals surface area contributed by atoms with Crippen LogP contribution in [-0.4, -0.2) is 42.5 Å². The van der Waals surface area contributed by atoms with Crippen molar-refractivity contribution < 1.29 is 13.0 Å². The predicted octanol–water partition coefficient (Wildman–Crippen LogP) is 0.881. The molecule has 0 saturated carbocycles. The van der Waals surface area contributed by atoms with Crippen LogP contribution in [0.2, 0.25) is 0 Å². The third kappa shape index (κ3) is 2.66. The first-order valence-electron chi connectivity index (χ1n) is 4.83. The summed E-state index contributed by atoms with van der Waals surface area (Å²) in [6, 6.07) is 3.00. The Labute approximate surface area is 98.6 Å². The van der Waals surface area contributed by atoms with Gasteiger partial charge in [0.05, 0.1) is 6.20 Å². The maximum Gasteiger partial charge on any atom is 0.296 e. The molecule has 0 spiro atoms. The Balaban J connectivity index is 2.18. The summed E-state index contributed by atoms with van der Waals surface area (Å²) in [4.78, 5) is 5.98. The van der Waals surface area contributed by atoms with Gasteiger partial charge >= 0.3 is 0 Å². The van der Waals surface area contributed by atoms with Gasteiger partial charge in [0.2, 0.25) is 0 Å². The van der Waals surface area contributed by atoms with E-state index in [1.807, 2.05) is 11.8 Å². The van der Waals surface area contributed by atoms with E-state index < -0.39 is 10.1 Å². The highest BCUT2D eigenvalue weighted by Crippen LogP contribution is 2.18. The lowest BCUT2D eigenvalue weighted by molar-refractivity contribution is 0.483. The van der Waals surface area contributed by atoms with Crippen molar-refractivity contribution in [1.82, 2.24) is 4.98 Å². The average molecular weight is 260 g/mol. The molecule has 16 heavy (non-hydrogen) atoms. The van der Waals surface area contributed by atoms with Crippen LogP contribution in [0.25, 0.3) is 0 Å². The molecule has 88 valence electrons. The van der Waals surface area contributed by atoms with Gasteiger partial charge in [-0.05, 0) is 12.1 Å². The summed E-state index contributed by atoms with van der Waals surface area (Å²) in [7, 11) is -4.14. The molecule has 1 aromatic rings. The van der Waals surface area contributed by atoms with Crippen LogP contribution in [0.15, 0.2) is 23.2 Å². The molecule has 2 rings (SSSR count). The van der Waals surface area contributed by atoms with Crippen molar-refractivity contribution in [2.75, 3.05) is 29.5 Å². The number of pyridine rings is 1. The van der Waals surface area contributed by atoms with Gasteiger partial charge in [0.1, 0.15) is 10.7 Å². The van der Waals surface area contributed by atoms with Gasteiger partial charge in [-0.25, -0.2) is 4.98 Å². The van der Waals surface area contributed by atoms with E-state index >= 15 is 0 Å². The fraction of sp³-hybridized carbons (Fsp3) is 0.444. The number of nitrogens with zero attached hydrogens (tertiary/aromatic N) is 2. The molecule has 1 saturated heterocycles. The van der Waals surface area contributed by atoms with Gasteiger partial charge < -0.3 is 4.90 Å². The molecule has 0 bridgehead atoms. The molecule has 7 heteroatoms. The molecule has 1 fully saturated rings. The quantitative estimate of drug-likeness (QED) is 0.796. The number of hydrogen-bond acceptors (Lipinski definition) is 5. The highest BCUT2D eigenvalue weighted by atomic mass is 32.2. The van der Waals surface area contributed by atoms with Gasteiger partial charge in [0.15, 0.2) is 0 Å². The fourth-order valence-corrected chi connectivity index (χ4v) is 2.83. The van der Waals surface area contributed by atoms with Gasteiger partial charge in [0.25, 0.3) is 10.1 Å². The van der Waals surface area contributed by atoms with E-state index in [2.05, 4.69) is 9.88 Å². The van der Waals surface area contributed by atoms with Crippen molar-refractivity contribution in [3.63, 3.8) is 0 Å². The highest BCUT2D eigenvalue weighted by molar-refractivity contribution is 7.99. The lowest BCUT2D eigenvalue weighted by atomic mass is 10.4. The first-order valence-corrected chi connectivity index (χ1v) is 7.43. The Bertz CT molecular complexity index is 452. The monoisotopic (exact) mass is 260 g/mol. The topological polar surface area (TPSA) is 70.5 Å². The molecule has 0 radical (unpaired) electrons. The van der Waals surface area contributed by atoms with Crippen LogP contribution in [0.1, 0.15) is 0 Å². The molecule has 1 aliphatic rings. The lowest BCUT2D eigenvalue weighted by Gasteiger charge is -2.27. The minimum Gasteiger partial charge on any atom is -0.355 e. The smallest absolute Gasteiger partial charge is 0.296 e. The zero-order valence-electron chi connectivity index (χ0n) is 8.54. The fourth-order valence-electron chi connectivity index (χ4n) is 1.50. The van der Waals surface area contributed by atoms with Crippen LogP contribution in [-0.2, 0) is 10.1 Å². The molecule has 1 aromatic heterocycles. The van der Waals surface area contributed by atoms with Gasteiger partial charge in [-0.3, -0.25) is 4.55 Å². The van der Waals surface area contributed by atoms with Crippen LogP contribution in [0.5, 0.6) is 0 Å². The van der Waals surface area contributed by atoms with Gasteiger partial charge in [-0.2, -0.15) is 20.2 Å². The third-order valence-corrected chi connectivity index (χ3v) is 4.13. The molecule has 0 unspecified atom stereocenters. The van der Waals surface area contributed by atoms with Gasteiger partial charge in [-0.1, -0.05) is 0 Å². The van der Waals surface area contributed by atoms with E-state index in [-0.39, 0.29) is 4.90 Å². The molecular weight excluding hydrogens is 248 g/mol. The van der Waals surface area contributed by atoms with Crippen molar-refractivity contribution in [1.29, 1.82) is 0 Å².